The summed E-state index contributed by atoms with van der Waals surface area (Å²) in [6, 6.07) is 12.0. The Morgan fingerprint density at radius 2 is 1.78 bits per heavy atom. The molecule has 0 bridgehead atoms. The van der Waals surface area contributed by atoms with Crippen molar-refractivity contribution in [1.82, 2.24) is 0 Å². The van der Waals surface area contributed by atoms with Crippen LogP contribution in [0.5, 0.6) is 0 Å². The van der Waals surface area contributed by atoms with E-state index < -0.39 is 9.84 Å². The van der Waals surface area contributed by atoms with Crippen LogP contribution in [-0.2, 0) is 9.84 Å². The fourth-order valence-electron chi connectivity index (χ4n) is 2.06. The van der Waals surface area contributed by atoms with Gasteiger partial charge in [0.05, 0.1) is 9.92 Å². The topological polar surface area (TPSA) is 98.5 Å². The molecule has 0 aliphatic rings. The van der Waals surface area contributed by atoms with Gasteiger partial charge in [0.1, 0.15) is 4.99 Å². The van der Waals surface area contributed by atoms with Gasteiger partial charge in [0, 0.05) is 17.4 Å². The minimum Gasteiger partial charge on any atom is -0.370 e. The van der Waals surface area contributed by atoms with Crippen LogP contribution in [0, 0.1) is 0 Å². The largest absolute Gasteiger partial charge is 0.370 e. The zero-order chi connectivity index (χ0) is 17.2. The van der Waals surface area contributed by atoms with Gasteiger partial charge in [-0.3, -0.25) is 0 Å². The molecule has 8 heteroatoms. The molecule has 5 nitrogen and oxygen atoms in total. The van der Waals surface area contributed by atoms with Gasteiger partial charge in [-0.2, -0.15) is 0 Å². The molecule has 0 saturated carbocycles. The van der Waals surface area contributed by atoms with E-state index in [9.17, 15) is 8.42 Å². The van der Waals surface area contributed by atoms with Gasteiger partial charge in [-0.05, 0) is 17.7 Å². The van der Waals surface area contributed by atoms with E-state index in [4.69, 9.17) is 35.3 Å². The van der Waals surface area contributed by atoms with Crippen LogP contribution in [0.4, 0.5) is 0 Å². The third kappa shape index (κ3) is 4.07. The zero-order valence-electron chi connectivity index (χ0n) is 12.2. The van der Waals surface area contributed by atoms with Crippen molar-refractivity contribution in [2.45, 2.75) is 4.90 Å². The van der Waals surface area contributed by atoms with Crippen LogP contribution in [-0.4, -0.2) is 25.6 Å². The first-order valence-electron chi connectivity index (χ1n) is 6.43. The average Bonchev–Trinajstić information content (AvgIpc) is 2.45. The number of hydrogen-bond acceptors (Lipinski definition) is 3. The van der Waals surface area contributed by atoms with Crippen molar-refractivity contribution in [1.29, 1.82) is 0 Å². The van der Waals surface area contributed by atoms with Gasteiger partial charge in [0.25, 0.3) is 0 Å². The van der Waals surface area contributed by atoms with Gasteiger partial charge < -0.3 is 11.5 Å². The Labute approximate surface area is 144 Å². The second-order valence-electron chi connectivity index (χ2n) is 4.81. The van der Waals surface area contributed by atoms with E-state index in [1.165, 1.54) is 6.07 Å². The maximum Gasteiger partial charge on any atom is 0.192 e. The van der Waals surface area contributed by atoms with E-state index >= 15 is 0 Å². The molecule has 120 valence electrons. The molecule has 0 aromatic heterocycles. The highest BCUT2D eigenvalue weighted by Gasteiger charge is 2.20. The summed E-state index contributed by atoms with van der Waals surface area (Å²) in [4.78, 5) is 3.90. The summed E-state index contributed by atoms with van der Waals surface area (Å²) >= 11 is 11.4. The smallest absolute Gasteiger partial charge is 0.192 e. The molecule has 0 unspecified atom stereocenters. The van der Waals surface area contributed by atoms with Crippen molar-refractivity contribution >= 4 is 44.6 Å². The van der Waals surface area contributed by atoms with Gasteiger partial charge in [0.15, 0.2) is 15.8 Å². The molecule has 0 amide bonds. The number of benzene rings is 2. The Bertz CT molecular complexity index is 890. The fraction of sp³-hybridized carbons (Fsp3) is 0.0667. The number of thiocarbonyl (C=S) groups is 1. The maximum absolute atomic E-state index is 12.2. The molecule has 0 aliphatic carbocycles. The molecule has 0 heterocycles. The van der Waals surface area contributed by atoms with Crippen molar-refractivity contribution in [2.75, 3.05) is 6.26 Å². The van der Waals surface area contributed by atoms with Crippen molar-refractivity contribution in [3.8, 4) is 11.1 Å². The van der Waals surface area contributed by atoms with E-state index in [1.807, 2.05) is 6.07 Å². The molecule has 0 radical (unpaired) electrons. The minimum atomic E-state index is -3.54. The Balaban J connectivity index is 2.75. The minimum absolute atomic E-state index is 0.0661. The molecule has 0 spiro atoms. The van der Waals surface area contributed by atoms with Crippen LogP contribution >= 0.6 is 23.8 Å². The van der Waals surface area contributed by atoms with Crippen molar-refractivity contribution in [3.05, 3.63) is 53.1 Å². The molecule has 23 heavy (non-hydrogen) atoms. The van der Waals surface area contributed by atoms with Gasteiger partial charge in [-0.15, -0.1) is 0 Å². The molecular formula is C15H14ClN3O2S2. The van der Waals surface area contributed by atoms with Crippen LogP contribution in [0.2, 0.25) is 5.02 Å². The first-order chi connectivity index (χ1) is 10.7. The van der Waals surface area contributed by atoms with E-state index in [-0.39, 0.29) is 20.9 Å². The molecule has 0 atom stereocenters. The van der Waals surface area contributed by atoms with E-state index in [0.29, 0.717) is 16.7 Å². The van der Waals surface area contributed by atoms with Gasteiger partial charge in [-0.1, -0.05) is 54.2 Å². The molecule has 4 N–H and O–H groups in total. The highest BCUT2D eigenvalue weighted by Crippen LogP contribution is 2.35. The third-order valence-electron chi connectivity index (χ3n) is 2.99. The number of aliphatic imine (C=N–C) groups is 1. The average molecular weight is 368 g/mol. The summed E-state index contributed by atoms with van der Waals surface area (Å²) in [6.07, 6.45) is 1.11. The lowest BCUT2D eigenvalue weighted by atomic mass is 10.0. The van der Waals surface area contributed by atoms with Crippen molar-refractivity contribution < 1.29 is 8.42 Å². The highest BCUT2D eigenvalue weighted by molar-refractivity contribution is 7.90. The first-order valence-corrected chi connectivity index (χ1v) is 9.11. The maximum atomic E-state index is 12.2. The number of hydrogen-bond donors (Lipinski definition) is 2. The molecular weight excluding hydrogens is 354 g/mol. The number of guanidine groups is 1. The normalized spacial score (nSPS) is 11.0. The number of rotatable bonds is 3. The SMILES string of the molecule is CS(=O)(=O)c1cc(C(=S)N=C(N)N)cc(Cl)c1-c1ccccc1. The van der Waals surface area contributed by atoms with Crippen LogP contribution < -0.4 is 11.5 Å². The molecule has 0 fully saturated rings. The first kappa shape index (κ1) is 17.4. The van der Waals surface area contributed by atoms with Crippen LogP contribution in [0.25, 0.3) is 11.1 Å². The Kier molecular flexibility index (Phi) is 5.03. The summed E-state index contributed by atoms with van der Waals surface area (Å²) in [6.45, 7) is 0. The Morgan fingerprint density at radius 1 is 1.17 bits per heavy atom. The van der Waals surface area contributed by atoms with Crippen molar-refractivity contribution in [3.63, 3.8) is 0 Å². The van der Waals surface area contributed by atoms with Crippen LogP contribution in [0.15, 0.2) is 52.4 Å². The molecule has 2 aromatic carbocycles. The second kappa shape index (κ2) is 6.66. The van der Waals surface area contributed by atoms with Gasteiger partial charge >= 0.3 is 0 Å². The summed E-state index contributed by atoms with van der Waals surface area (Å²) in [5, 5.41) is 0.252. The second-order valence-corrected chi connectivity index (χ2v) is 7.59. The molecule has 2 rings (SSSR count). The lowest BCUT2D eigenvalue weighted by Crippen LogP contribution is -2.24. The van der Waals surface area contributed by atoms with Crippen LogP contribution in [0.3, 0.4) is 0 Å². The van der Waals surface area contributed by atoms with Gasteiger partial charge in [-0.25, -0.2) is 13.4 Å². The third-order valence-corrected chi connectivity index (χ3v) is 4.74. The fourth-order valence-corrected chi connectivity index (χ4v) is 3.61. The lowest BCUT2D eigenvalue weighted by Gasteiger charge is -2.13. The lowest BCUT2D eigenvalue weighted by molar-refractivity contribution is 0.602. The summed E-state index contributed by atoms with van der Waals surface area (Å²) in [7, 11) is -3.54. The zero-order valence-corrected chi connectivity index (χ0v) is 14.5. The molecule has 0 aliphatic heterocycles. The summed E-state index contributed by atoms with van der Waals surface area (Å²) in [5.74, 6) is -0.209. The monoisotopic (exact) mass is 367 g/mol. The number of nitrogens with two attached hydrogens (primary N) is 2. The van der Waals surface area contributed by atoms with Gasteiger partial charge in [0.2, 0.25) is 0 Å². The Morgan fingerprint density at radius 3 is 2.30 bits per heavy atom. The Hall–Kier alpha value is -1.96. The van der Waals surface area contributed by atoms with E-state index in [1.54, 1.807) is 30.3 Å². The standard InChI is InChI=1S/C15H14ClN3O2S2/c1-23(20,21)12-8-10(14(22)19-15(17)18)7-11(16)13(12)9-5-3-2-4-6-9/h2-8H,1H3,(H4,17,18,19,22). The summed E-state index contributed by atoms with van der Waals surface area (Å²) < 4.78 is 24.4. The summed E-state index contributed by atoms with van der Waals surface area (Å²) in [5.41, 5.74) is 12.1. The highest BCUT2D eigenvalue weighted by atomic mass is 35.5. The predicted octanol–water partition coefficient (Wildman–Crippen LogP) is 2.36. The molecule has 2 aromatic rings. The number of sulfone groups is 1. The van der Waals surface area contributed by atoms with Crippen LogP contribution in [0.1, 0.15) is 5.56 Å². The quantitative estimate of drug-likeness (QED) is 0.493. The predicted molar refractivity (Wildman–Crippen MR) is 97.5 cm³/mol. The number of halogens is 1. The number of nitrogens with zero attached hydrogens (tertiary/aromatic N) is 1. The van der Waals surface area contributed by atoms with E-state index in [0.717, 1.165) is 6.26 Å². The van der Waals surface area contributed by atoms with Crippen molar-refractivity contribution in [2.24, 2.45) is 16.5 Å². The van der Waals surface area contributed by atoms with E-state index in [2.05, 4.69) is 4.99 Å². The molecule has 0 saturated heterocycles.